The van der Waals surface area contributed by atoms with Gasteiger partial charge in [0, 0.05) is 13.1 Å². The van der Waals surface area contributed by atoms with Crippen molar-refractivity contribution in [1.82, 2.24) is 4.31 Å². The van der Waals surface area contributed by atoms with Crippen LogP contribution in [0.15, 0.2) is 0 Å². The van der Waals surface area contributed by atoms with Crippen LogP contribution < -0.4 is 0 Å². The quantitative estimate of drug-likeness (QED) is 0.723. The second kappa shape index (κ2) is 5.47. The molecule has 88 valence electrons. The van der Waals surface area contributed by atoms with Gasteiger partial charge in [0.05, 0.1) is 6.07 Å². The summed E-state index contributed by atoms with van der Waals surface area (Å²) in [7, 11) is -1.93. The minimum absolute atomic E-state index is 0.0857. The van der Waals surface area contributed by atoms with Crippen molar-refractivity contribution in [3.8, 4) is 6.07 Å². The van der Waals surface area contributed by atoms with Crippen LogP contribution in [0.5, 0.6) is 0 Å². The molecule has 0 spiro atoms. The largest absolute Gasteiger partial charge is 0.230 e. The molecule has 2 unspecified atom stereocenters. The van der Waals surface area contributed by atoms with Crippen molar-refractivity contribution in [1.29, 1.82) is 5.26 Å². The van der Waals surface area contributed by atoms with Crippen LogP contribution in [0.4, 0.5) is 0 Å². The van der Waals surface area contributed by atoms with Crippen molar-refractivity contribution >= 4 is 10.0 Å². The zero-order chi connectivity index (χ0) is 12.2. The zero-order valence-corrected chi connectivity index (χ0v) is 10.9. The molecule has 5 heteroatoms. The van der Waals surface area contributed by atoms with E-state index in [0.717, 1.165) is 0 Å². The van der Waals surface area contributed by atoms with E-state index >= 15 is 0 Å². The molecular formula is C10H20N2O2S. The average Bonchev–Trinajstić information content (AvgIpc) is 2.16. The molecule has 15 heavy (non-hydrogen) atoms. The maximum Gasteiger partial charge on any atom is 0.230 e. The second-order valence-electron chi connectivity index (χ2n) is 4.07. The molecule has 0 fully saturated rings. The highest BCUT2D eigenvalue weighted by Crippen LogP contribution is 2.17. The van der Waals surface area contributed by atoms with E-state index in [9.17, 15) is 8.42 Å². The van der Waals surface area contributed by atoms with Gasteiger partial charge in [0.15, 0.2) is 5.25 Å². The van der Waals surface area contributed by atoms with E-state index in [1.54, 1.807) is 14.0 Å². The van der Waals surface area contributed by atoms with Crippen molar-refractivity contribution < 1.29 is 8.42 Å². The number of hydrogen-bond donors (Lipinski definition) is 0. The van der Waals surface area contributed by atoms with Crippen molar-refractivity contribution in [2.24, 2.45) is 5.92 Å². The lowest BCUT2D eigenvalue weighted by Crippen LogP contribution is -2.42. The normalized spacial score (nSPS) is 16.4. The van der Waals surface area contributed by atoms with Crippen molar-refractivity contribution in [3.05, 3.63) is 0 Å². The first kappa shape index (κ1) is 14.4. The molecule has 0 aliphatic rings. The molecule has 0 aliphatic heterocycles. The minimum Gasteiger partial charge on any atom is -0.211 e. The summed E-state index contributed by atoms with van der Waals surface area (Å²) in [6.45, 7) is 7.49. The van der Waals surface area contributed by atoms with Crippen LogP contribution in [0.2, 0.25) is 0 Å². The first-order valence-corrected chi connectivity index (χ1v) is 6.65. The van der Waals surface area contributed by atoms with Gasteiger partial charge >= 0.3 is 0 Å². The SMILES string of the molecule is CCC(C#N)S(=O)(=O)N(C)C(C)C(C)C. The Kier molecular flexibility index (Phi) is 5.26. The Morgan fingerprint density at radius 2 is 1.80 bits per heavy atom. The molecule has 0 N–H and O–H groups in total. The third-order valence-corrected chi connectivity index (χ3v) is 5.11. The van der Waals surface area contributed by atoms with Crippen LogP contribution in [0, 0.1) is 17.2 Å². The van der Waals surface area contributed by atoms with Gasteiger partial charge in [-0.1, -0.05) is 20.8 Å². The summed E-state index contributed by atoms with van der Waals surface area (Å²) in [6, 6.07) is 1.75. The Morgan fingerprint density at radius 3 is 2.07 bits per heavy atom. The molecule has 0 aromatic rings. The Hall–Kier alpha value is -0.600. The fourth-order valence-corrected chi connectivity index (χ4v) is 2.88. The summed E-state index contributed by atoms with van der Waals surface area (Å²) in [5.41, 5.74) is 0. The van der Waals surface area contributed by atoms with Crippen LogP contribution in [0.25, 0.3) is 0 Å². The lowest BCUT2D eigenvalue weighted by atomic mass is 10.1. The molecule has 0 rings (SSSR count). The third-order valence-electron chi connectivity index (χ3n) is 2.81. The van der Waals surface area contributed by atoms with Crippen LogP contribution in [0.3, 0.4) is 0 Å². The molecule has 0 aromatic heterocycles. The highest BCUT2D eigenvalue weighted by molar-refractivity contribution is 7.90. The van der Waals surface area contributed by atoms with Crippen LogP contribution in [0.1, 0.15) is 34.1 Å². The molecule has 0 amide bonds. The minimum atomic E-state index is -3.47. The fraction of sp³-hybridized carbons (Fsp3) is 0.900. The topological polar surface area (TPSA) is 61.2 Å². The molecule has 2 atom stereocenters. The fourth-order valence-electron chi connectivity index (χ4n) is 1.22. The Labute approximate surface area is 92.9 Å². The number of hydrogen-bond acceptors (Lipinski definition) is 3. The molecule has 0 heterocycles. The van der Waals surface area contributed by atoms with E-state index in [1.807, 2.05) is 26.8 Å². The smallest absolute Gasteiger partial charge is 0.211 e. The maximum absolute atomic E-state index is 11.9. The second-order valence-corrected chi connectivity index (χ2v) is 6.25. The summed E-state index contributed by atoms with van der Waals surface area (Å²) in [6.07, 6.45) is 0.327. The zero-order valence-electron chi connectivity index (χ0n) is 10.1. The molecule has 0 aliphatic carbocycles. The molecule has 0 saturated carbocycles. The van der Waals surface area contributed by atoms with Crippen molar-refractivity contribution in [3.63, 3.8) is 0 Å². The monoisotopic (exact) mass is 232 g/mol. The summed E-state index contributed by atoms with van der Waals surface area (Å²) in [5, 5.41) is 7.85. The predicted octanol–water partition coefficient (Wildman–Crippen LogP) is 1.59. The number of nitriles is 1. The van der Waals surface area contributed by atoms with Gasteiger partial charge in [0.1, 0.15) is 0 Å². The Bertz CT molecular complexity index is 330. The Balaban J connectivity index is 4.98. The Morgan fingerprint density at radius 1 is 1.33 bits per heavy atom. The lowest BCUT2D eigenvalue weighted by molar-refractivity contribution is 0.314. The first-order valence-electron chi connectivity index (χ1n) is 5.15. The van der Waals surface area contributed by atoms with E-state index in [2.05, 4.69) is 0 Å². The van der Waals surface area contributed by atoms with E-state index in [-0.39, 0.29) is 12.0 Å². The van der Waals surface area contributed by atoms with Gasteiger partial charge in [-0.05, 0) is 19.3 Å². The van der Waals surface area contributed by atoms with Gasteiger partial charge in [0.25, 0.3) is 0 Å². The maximum atomic E-state index is 11.9. The molecule has 0 radical (unpaired) electrons. The van der Waals surface area contributed by atoms with Gasteiger partial charge in [-0.3, -0.25) is 0 Å². The van der Waals surface area contributed by atoms with E-state index in [0.29, 0.717) is 6.42 Å². The highest BCUT2D eigenvalue weighted by atomic mass is 32.2. The van der Waals surface area contributed by atoms with Crippen LogP contribution >= 0.6 is 0 Å². The number of nitrogens with zero attached hydrogens (tertiary/aromatic N) is 2. The standard InChI is InChI=1S/C10H20N2O2S/c1-6-10(7-11)15(13,14)12(5)9(4)8(2)3/h8-10H,6H2,1-5H3. The molecule has 0 saturated heterocycles. The van der Waals surface area contributed by atoms with Crippen LogP contribution in [-0.2, 0) is 10.0 Å². The van der Waals surface area contributed by atoms with E-state index < -0.39 is 15.3 Å². The lowest BCUT2D eigenvalue weighted by Gasteiger charge is -2.28. The summed E-state index contributed by atoms with van der Waals surface area (Å²) in [5.74, 6) is 0.237. The van der Waals surface area contributed by atoms with Gasteiger partial charge in [0.2, 0.25) is 10.0 Å². The average molecular weight is 232 g/mol. The van der Waals surface area contributed by atoms with Gasteiger partial charge in [-0.25, -0.2) is 12.7 Å². The van der Waals surface area contributed by atoms with Gasteiger partial charge in [-0.2, -0.15) is 5.26 Å². The molecule has 4 nitrogen and oxygen atoms in total. The molecular weight excluding hydrogens is 212 g/mol. The summed E-state index contributed by atoms with van der Waals surface area (Å²) < 4.78 is 25.2. The van der Waals surface area contributed by atoms with Gasteiger partial charge in [-0.15, -0.1) is 0 Å². The molecule has 0 aromatic carbocycles. The number of rotatable bonds is 5. The van der Waals surface area contributed by atoms with Crippen molar-refractivity contribution in [2.75, 3.05) is 7.05 Å². The third kappa shape index (κ3) is 3.18. The van der Waals surface area contributed by atoms with Crippen molar-refractivity contribution in [2.45, 2.75) is 45.4 Å². The summed E-state index contributed by atoms with van der Waals surface area (Å²) in [4.78, 5) is 0. The van der Waals surface area contributed by atoms with Gasteiger partial charge < -0.3 is 0 Å². The van der Waals surface area contributed by atoms with Crippen LogP contribution in [-0.4, -0.2) is 31.1 Å². The number of sulfonamides is 1. The van der Waals surface area contributed by atoms with E-state index in [1.165, 1.54) is 4.31 Å². The van der Waals surface area contributed by atoms with E-state index in [4.69, 9.17) is 5.26 Å². The molecule has 0 bridgehead atoms. The summed E-state index contributed by atoms with van der Waals surface area (Å²) >= 11 is 0. The predicted molar refractivity (Wildman–Crippen MR) is 60.7 cm³/mol. The highest BCUT2D eigenvalue weighted by Gasteiger charge is 2.32. The first-order chi connectivity index (χ1) is 6.78.